The van der Waals surface area contributed by atoms with Gasteiger partial charge in [-0.05, 0) is 31.4 Å². The molecule has 1 aromatic carbocycles. The van der Waals surface area contributed by atoms with Crippen LogP contribution in [-0.2, 0) is 20.3 Å². The molecule has 2 heterocycles. The lowest BCUT2D eigenvalue weighted by Gasteiger charge is -2.34. The second kappa shape index (κ2) is 6.17. The van der Waals surface area contributed by atoms with E-state index in [2.05, 4.69) is 10.1 Å². The van der Waals surface area contributed by atoms with E-state index in [4.69, 9.17) is 15.0 Å². The minimum Gasteiger partial charge on any atom is -0.379 e. The summed E-state index contributed by atoms with van der Waals surface area (Å²) < 4.78 is 38.0. The van der Waals surface area contributed by atoms with Crippen molar-refractivity contribution in [2.75, 3.05) is 26.3 Å². The third-order valence-corrected chi connectivity index (χ3v) is 6.78. The second-order valence-electron chi connectivity index (χ2n) is 6.45. The van der Waals surface area contributed by atoms with Gasteiger partial charge < -0.3 is 15.0 Å². The van der Waals surface area contributed by atoms with Crippen molar-refractivity contribution >= 4 is 10.0 Å². The SMILES string of the molecule is NC1(c2noc(-c3ccccc3S(=O)(=O)N3CCOCC3)n2)CCC1. The van der Waals surface area contributed by atoms with E-state index in [1.54, 1.807) is 24.3 Å². The third kappa shape index (κ3) is 2.86. The number of aromatic nitrogens is 2. The number of ether oxygens (including phenoxy) is 1. The summed E-state index contributed by atoms with van der Waals surface area (Å²) >= 11 is 0. The fourth-order valence-electron chi connectivity index (χ4n) is 3.11. The van der Waals surface area contributed by atoms with Crippen LogP contribution in [-0.4, -0.2) is 49.2 Å². The Balaban J connectivity index is 1.72. The van der Waals surface area contributed by atoms with Crippen molar-refractivity contribution in [3.05, 3.63) is 30.1 Å². The Morgan fingerprint density at radius 1 is 1.16 bits per heavy atom. The average molecular weight is 364 g/mol. The van der Waals surface area contributed by atoms with Crippen molar-refractivity contribution in [1.82, 2.24) is 14.4 Å². The van der Waals surface area contributed by atoms with Gasteiger partial charge in [-0.25, -0.2) is 8.42 Å². The topological polar surface area (TPSA) is 112 Å². The van der Waals surface area contributed by atoms with Gasteiger partial charge in [0.2, 0.25) is 10.0 Å². The van der Waals surface area contributed by atoms with Gasteiger partial charge in [-0.15, -0.1) is 0 Å². The smallest absolute Gasteiger partial charge is 0.259 e. The summed E-state index contributed by atoms with van der Waals surface area (Å²) in [5.41, 5.74) is 6.07. The first kappa shape index (κ1) is 16.6. The van der Waals surface area contributed by atoms with Crippen LogP contribution in [0.1, 0.15) is 25.1 Å². The standard InChI is InChI=1S/C16H20N4O4S/c17-16(6-3-7-16)15-18-14(24-19-15)12-4-1-2-5-13(12)25(21,22)20-8-10-23-11-9-20/h1-2,4-5H,3,6-11,17H2. The molecular weight excluding hydrogens is 344 g/mol. The monoisotopic (exact) mass is 364 g/mol. The molecule has 0 unspecified atom stereocenters. The zero-order valence-electron chi connectivity index (χ0n) is 13.7. The Morgan fingerprint density at radius 2 is 1.88 bits per heavy atom. The van der Waals surface area contributed by atoms with Gasteiger partial charge in [-0.1, -0.05) is 17.3 Å². The third-order valence-electron chi connectivity index (χ3n) is 4.82. The van der Waals surface area contributed by atoms with Crippen molar-refractivity contribution in [1.29, 1.82) is 0 Å². The van der Waals surface area contributed by atoms with Crippen LogP contribution in [0.15, 0.2) is 33.7 Å². The number of nitrogens with zero attached hydrogens (tertiary/aromatic N) is 3. The van der Waals surface area contributed by atoms with E-state index in [-0.39, 0.29) is 10.8 Å². The van der Waals surface area contributed by atoms with Crippen LogP contribution in [0.25, 0.3) is 11.5 Å². The molecule has 0 spiro atoms. The molecule has 0 amide bonds. The Kier molecular flexibility index (Phi) is 4.11. The molecule has 2 aliphatic rings. The van der Waals surface area contributed by atoms with E-state index in [1.807, 2.05) is 0 Å². The molecule has 2 fully saturated rings. The maximum Gasteiger partial charge on any atom is 0.259 e. The molecule has 1 saturated heterocycles. The van der Waals surface area contributed by atoms with E-state index in [0.717, 1.165) is 19.3 Å². The molecule has 1 saturated carbocycles. The molecule has 2 aromatic rings. The zero-order valence-corrected chi connectivity index (χ0v) is 14.5. The summed E-state index contributed by atoms with van der Waals surface area (Å²) in [4.78, 5) is 4.54. The van der Waals surface area contributed by atoms with Crippen LogP contribution in [0, 0.1) is 0 Å². The first-order chi connectivity index (χ1) is 12.0. The predicted octanol–water partition coefficient (Wildman–Crippen LogP) is 1.10. The normalized spacial score (nSPS) is 21.0. The van der Waals surface area contributed by atoms with Crippen LogP contribution in [0.3, 0.4) is 0 Å². The Hall–Kier alpha value is -1.81. The van der Waals surface area contributed by atoms with Gasteiger partial charge in [0.25, 0.3) is 5.89 Å². The molecule has 4 rings (SSSR count). The molecule has 1 aliphatic heterocycles. The van der Waals surface area contributed by atoms with Gasteiger partial charge in [-0.2, -0.15) is 9.29 Å². The predicted molar refractivity (Wildman–Crippen MR) is 89.0 cm³/mol. The maximum atomic E-state index is 13.0. The highest BCUT2D eigenvalue weighted by molar-refractivity contribution is 7.89. The van der Waals surface area contributed by atoms with Crippen molar-refractivity contribution in [2.45, 2.75) is 29.7 Å². The van der Waals surface area contributed by atoms with E-state index in [0.29, 0.717) is 37.7 Å². The van der Waals surface area contributed by atoms with Crippen LogP contribution in [0.4, 0.5) is 0 Å². The minimum atomic E-state index is -3.66. The molecule has 2 N–H and O–H groups in total. The number of rotatable bonds is 4. The minimum absolute atomic E-state index is 0.159. The van der Waals surface area contributed by atoms with E-state index < -0.39 is 15.6 Å². The van der Waals surface area contributed by atoms with Crippen LogP contribution in [0.5, 0.6) is 0 Å². The number of sulfonamides is 1. The summed E-state index contributed by atoms with van der Waals surface area (Å²) in [6, 6.07) is 6.67. The molecule has 134 valence electrons. The first-order valence-corrected chi connectivity index (χ1v) is 9.75. The Labute approximate surface area is 146 Å². The Bertz CT molecular complexity index is 870. The van der Waals surface area contributed by atoms with Gasteiger partial charge in [0.15, 0.2) is 5.82 Å². The summed E-state index contributed by atoms with van der Waals surface area (Å²) in [7, 11) is -3.66. The van der Waals surface area contributed by atoms with Crippen molar-refractivity contribution < 1.29 is 17.7 Å². The molecule has 8 nitrogen and oxygen atoms in total. The molecular formula is C16H20N4O4S. The van der Waals surface area contributed by atoms with Crippen LogP contribution >= 0.6 is 0 Å². The van der Waals surface area contributed by atoms with Crippen molar-refractivity contribution in [3.63, 3.8) is 0 Å². The number of hydrogen-bond donors (Lipinski definition) is 1. The highest BCUT2D eigenvalue weighted by Gasteiger charge is 2.39. The number of morpholine rings is 1. The fraction of sp³-hybridized carbons (Fsp3) is 0.500. The number of nitrogens with two attached hydrogens (primary N) is 1. The Morgan fingerprint density at radius 3 is 2.56 bits per heavy atom. The molecule has 0 bridgehead atoms. The highest BCUT2D eigenvalue weighted by atomic mass is 32.2. The van der Waals surface area contributed by atoms with Crippen molar-refractivity contribution in [2.24, 2.45) is 5.73 Å². The van der Waals surface area contributed by atoms with Crippen LogP contribution in [0.2, 0.25) is 0 Å². The molecule has 9 heteroatoms. The average Bonchev–Trinajstić information content (AvgIpc) is 3.11. The van der Waals surface area contributed by atoms with E-state index >= 15 is 0 Å². The lowest BCUT2D eigenvalue weighted by atomic mass is 9.77. The quantitative estimate of drug-likeness (QED) is 0.864. The van der Waals surface area contributed by atoms with Gasteiger partial charge in [0.1, 0.15) is 0 Å². The van der Waals surface area contributed by atoms with Gasteiger partial charge in [0, 0.05) is 13.1 Å². The lowest BCUT2D eigenvalue weighted by Crippen LogP contribution is -2.44. The summed E-state index contributed by atoms with van der Waals surface area (Å²) in [6.45, 7) is 1.44. The molecule has 0 radical (unpaired) electrons. The molecule has 1 aliphatic carbocycles. The summed E-state index contributed by atoms with van der Waals surface area (Å²) in [5.74, 6) is 0.617. The van der Waals surface area contributed by atoms with Gasteiger partial charge >= 0.3 is 0 Å². The number of hydrogen-bond acceptors (Lipinski definition) is 7. The largest absolute Gasteiger partial charge is 0.379 e. The zero-order chi connectivity index (χ0) is 17.5. The number of benzene rings is 1. The fourth-order valence-corrected chi connectivity index (χ4v) is 4.70. The van der Waals surface area contributed by atoms with Crippen molar-refractivity contribution in [3.8, 4) is 11.5 Å². The van der Waals surface area contributed by atoms with Gasteiger partial charge in [0.05, 0.1) is 29.2 Å². The summed E-state index contributed by atoms with van der Waals surface area (Å²) in [5, 5.41) is 3.98. The molecule has 1 aromatic heterocycles. The van der Waals surface area contributed by atoms with E-state index in [1.165, 1.54) is 4.31 Å². The summed E-state index contributed by atoms with van der Waals surface area (Å²) in [6.07, 6.45) is 2.64. The van der Waals surface area contributed by atoms with E-state index in [9.17, 15) is 8.42 Å². The second-order valence-corrected chi connectivity index (χ2v) is 8.35. The molecule has 25 heavy (non-hydrogen) atoms. The molecule has 0 atom stereocenters. The first-order valence-electron chi connectivity index (χ1n) is 8.31. The van der Waals surface area contributed by atoms with Gasteiger partial charge in [-0.3, -0.25) is 0 Å². The highest BCUT2D eigenvalue weighted by Crippen LogP contribution is 2.38. The van der Waals surface area contributed by atoms with Crippen LogP contribution < -0.4 is 5.73 Å². The maximum absolute atomic E-state index is 13.0. The lowest BCUT2D eigenvalue weighted by molar-refractivity contribution is 0.0730.